The SMILES string of the molecule is CS(=O)(=O)CCON1CCOCC1. The number of hydroxylamine groups is 2. The summed E-state index contributed by atoms with van der Waals surface area (Å²) < 4.78 is 26.6. The monoisotopic (exact) mass is 209 g/mol. The van der Waals surface area contributed by atoms with Crippen LogP contribution < -0.4 is 0 Å². The lowest BCUT2D eigenvalue weighted by atomic mass is 10.5. The molecular weight excluding hydrogens is 194 g/mol. The van der Waals surface area contributed by atoms with Crippen LogP contribution >= 0.6 is 0 Å². The van der Waals surface area contributed by atoms with Gasteiger partial charge in [-0.25, -0.2) is 8.42 Å². The van der Waals surface area contributed by atoms with Gasteiger partial charge in [-0.05, 0) is 0 Å². The molecule has 0 atom stereocenters. The Balaban J connectivity index is 2.11. The number of sulfone groups is 1. The lowest BCUT2D eigenvalue weighted by molar-refractivity contribution is -0.189. The lowest BCUT2D eigenvalue weighted by Crippen LogP contribution is -2.37. The van der Waals surface area contributed by atoms with Crippen LogP contribution in [0.2, 0.25) is 0 Å². The molecule has 0 bridgehead atoms. The van der Waals surface area contributed by atoms with Gasteiger partial charge in [-0.1, -0.05) is 0 Å². The van der Waals surface area contributed by atoms with Crippen LogP contribution in [0.25, 0.3) is 0 Å². The van der Waals surface area contributed by atoms with Crippen LogP contribution in [0.3, 0.4) is 0 Å². The number of hydrogen-bond donors (Lipinski definition) is 0. The third kappa shape index (κ3) is 5.20. The van der Waals surface area contributed by atoms with Crippen LogP contribution in [0.15, 0.2) is 0 Å². The number of hydrogen-bond acceptors (Lipinski definition) is 5. The van der Waals surface area contributed by atoms with E-state index in [0.717, 1.165) is 0 Å². The quantitative estimate of drug-likeness (QED) is 0.612. The van der Waals surface area contributed by atoms with Crippen molar-refractivity contribution in [2.75, 3.05) is 44.9 Å². The summed E-state index contributed by atoms with van der Waals surface area (Å²) in [7, 11) is -2.91. The fourth-order valence-electron chi connectivity index (χ4n) is 0.993. The number of nitrogens with zero attached hydrogens (tertiary/aromatic N) is 1. The van der Waals surface area contributed by atoms with E-state index >= 15 is 0 Å². The first-order valence-electron chi connectivity index (χ1n) is 4.21. The van der Waals surface area contributed by atoms with E-state index in [-0.39, 0.29) is 12.4 Å². The Kier molecular flexibility index (Phi) is 4.11. The highest BCUT2D eigenvalue weighted by Crippen LogP contribution is 1.97. The van der Waals surface area contributed by atoms with Gasteiger partial charge in [-0.15, -0.1) is 0 Å². The largest absolute Gasteiger partial charge is 0.379 e. The molecule has 1 fully saturated rings. The van der Waals surface area contributed by atoms with Crippen molar-refractivity contribution in [2.45, 2.75) is 0 Å². The summed E-state index contributed by atoms with van der Waals surface area (Å²) in [5.41, 5.74) is 0. The molecule has 1 rings (SSSR count). The minimum Gasteiger partial charge on any atom is -0.379 e. The molecule has 0 amide bonds. The Morgan fingerprint density at radius 1 is 1.38 bits per heavy atom. The zero-order chi connectivity index (χ0) is 9.73. The molecule has 13 heavy (non-hydrogen) atoms. The van der Waals surface area contributed by atoms with E-state index in [1.807, 2.05) is 0 Å². The molecule has 5 nitrogen and oxygen atoms in total. The number of rotatable bonds is 4. The molecule has 1 aliphatic rings. The fourth-order valence-corrected chi connectivity index (χ4v) is 1.37. The Hall–Kier alpha value is -0.170. The highest BCUT2D eigenvalue weighted by atomic mass is 32.2. The molecule has 0 radical (unpaired) electrons. The Labute approximate surface area is 78.5 Å². The minimum absolute atomic E-state index is 0.0738. The highest BCUT2D eigenvalue weighted by Gasteiger charge is 2.11. The molecular formula is C7H15NO4S. The van der Waals surface area contributed by atoms with Gasteiger partial charge in [-0.3, -0.25) is 4.84 Å². The molecule has 0 unspecified atom stereocenters. The zero-order valence-corrected chi connectivity index (χ0v) is 8.55. The van der Waals surface area contributed by atoms with Gasteiger partial charge in [0.05, 0.1) is 25.6 Å². The first kappa shape index (κ1) is 10.9. The molecule has 78 valence electrons. The van der Waals surface area contributed by atoms with E-state index in [0.29, 0.717) is 26.3 Å². The van der Waals surface area contributed by atoms with Gasteiger partial charge in [0.1, 0.15) is 9.84 Å². The molecule has 0 aromatic carbocycles. The third-order valence-corrected chi connectivity index (χ3v) is 2.61. The maximum atomic E-state index is 10.7. The summed E-state index contributed by atoms with van der Waals surface area (Å²) in [6, 6.07) is 0. The Morgan fingerprint density at radius 3 is 2.54 bits per heavy atom. The summed E-state index contributed by atoms with van der Waals surface area (Å²) in [4.78, 5) is 5.23. The van der Waals surface area contributed by atoms with Gasteiger partial charge in [-0.2, -0.15) is 5.06 Å². The molecule has 0 aromatic rings. The summed E-state index contributed by atoms with van der Waals surface area (Å²) in [6.07, 6.45) is 1.20. The molecule has 0 aliphatic carbocycles. The van der Waals surface area contributed by atoms with E-state index in [9.17, 15) is 8.42 Å². The average Bonchev–Trinajstić information content (AvgIpc) is 2.04. The van der Waals surface area contributed by atoms with E-state index in [4.69, 9.17) is 9.57 Å². The molecule has 1 saturated heterocycles. The molecule has 1 heterocycles. The fraction of sp³-hybridized carbons (Fsp3) is 1.00. The van der Waals surface area contributed by atoms with Crippen LogP contribution in [-0.4, -0.2) is 58.4 Å². The van der Waals surface area contributed by atoms with Gasteiger partial charge in [0, 0.05) is 19.3 Å². The van der Waals surface area contributed by atoms with Crippen molar-refractivity contribution in [2.24, 2.45) is 0 Å². The maximum absolute atomic E-state index is 10.7. The van der Waals surface area contributed by atoms with Crippen molar-refractivity contribution in [3.05, 3.63) is 0 Å². The lowest BCUT2D eigenvalue weighted by Gasteiger charge is -2.25. The van der Waals surface area contributed by atoms with E-state index < -0.39 is 9.84 Å². The van der Waals surface area contributed by atoms with Crippen molar-refractivity contribution in [3.8, 4) is 0 Å². The van der Waals surface area contributed by atoms with Crippen LogP contribution in [-0.2, 0) is 19.4 Å². The van der Waals surface area contributed by atoms with E-state index in [1.54, 1.807) is 5.06 Å². The number of morpholine rings is 1. The molecule has 0 saturated carbocycles. The summed E-state index contributed by atoms with van der Waals surface area (Å²) >= 11 is 0. The highest BCUT2D eigenvalue weighted by molar-refractivity contribution is 7.90. The van der Waals surface area contributed by atoms with Gasteiger partial charge in [0.15, 0.2) is 0 Å². The second kappa shape index (κ2) is 4.90. The van der Waals surface area contributed by atoms with Crippen molar-refractivity contribution >= 4 is 9.84 Å². The number of ether oxygens (including phenoxy) is 1. The van der Waals surface area contributed by atoms with Gasteiger partial charge >= 0.3 is 0 Å². The van der Waals surface area contributed by atoms with E-state index in [1.165, 1.54) is 6.26 Å². The van der Waals surface area contributed by atoms with Crippen LogP contribution in [0, 0.1) is 0 Å². The average molecular weight is 209 g/mol. The van der Waals surface area contributed by atoms with Gasteiger partial charge < -0.3 is 4.74 Å². The molecule has 0 spiro atoms. The van der Waals surface area contributed by atoms with E-state index in [2.05, 4.69) is 0 Å². The van der Waals surface area contributed by atoms with Crippen LogP contribution in [0.1, 0.15) is 0 Å². The Bertz CT molecular complexity index is 233. The molecule has 0 N–H and O–H groups in total. The first-order chi connectivity index (χ1) is 6.08. The predicted octanol–water partition coefficient (Wildman–Crippen LogP) is -0.705. The normalized spacial score (nSPS) is 20.4. The van der Waals surface area contributed by atoms with Crippen molar-refractivity contribution < 1.29 is 18.0 Å². The van der Waals surface area contributed by atoms with Gasteiger partial charge in [0.25, 0.3) is 0 Å². The summed E-state index contributed by atoms with van der Waals surface area (Å²) in [6.45, 7) is 2.96. The maximum Gasteiger partial charge on any atom is 0.149 e. The van der Waals surface area contributed by atoms with Gasteiger partial charge in [0.2, 0.25) is 0 Å². The second-order valence-electron chi connectivity index (χ2n) is 3.00. The summed E-state index contributed by atoms with van der Waals surface area (Å²) in [5.74, 6) is 0.0738. The predicted molar refractivity (Wildman–Crippen MR) is 48.1 cm³/mol. The second-order valence-corrected chi connectivity index (χ2v) is 5.26. The van der Waals surface area contributed by atoms with Crippen molar-refractivity contribution in [1.29, 1.82) is 0 Å². The molecule has 6 heteroatoms. The topological polar surface area (TPSA) is 55.8 Å². The molecule has 0 aromatic heterocycles. The molecule has 1 aliphatic heterocycles. The standard InChI is InChI=1S/C7H15NO4S/c1-13(9,10)7-6-12-8-2-4-11-5-3-8/h2-7H2,1H3. The first-order valence-corrected chi connectivity index (χ1v) is 6.27. The minimum atomic E-state index is -2.91. The third-order valence-electron chi connectivity index (χ3n) is 1.70. The van der Waals surface area contributed by atoms with Crippen LogP contribution in [0.5, 0.6) is 0 Å². The van der Waals surface area contributed by atoms with Crippen molar-refractivity contribution in [1.82, 2.24) is 5.06 Å². The van der Waals surface area contributed by atoms with Crippen molar-refractivity contribution in [3.63, 3.8) is 0 Å². The smallest absolute Gasteiger partial charge is 0.149 e. The summed E-state index contributed by atoms with van der Waals surface area (Å²) in [5, 5.41) is 1.74. The van der Waals surface area contributed by atoms with Crippen LogP contribution in [0.4, 0.5) is 0 Å². The zero-order valence-electron chi connectivity index (χ0n) is 7.73. The Morgan fingerprint density at radius 2 is 2.00 bits per heavy atom.